The van der Waals surface area contributed by atoms with Crippen molar-refractivity contribution in [3.63, 3.8) is 0 Å². The molecule has 9 heteroatoms. The van der Waals surface area contributed by atoms with Crippen LogP contribution in [-0.2, 0) is 14.3 Å². The van der Waals surface area contributed by atoms with Gasteiger partial charge in [0, 0.05) is 44.5 Å². The lowest BCUT2D eigenvalue weighted by Crippen LogP contribution is -2.36. The van der Waals surface area contributed by atoms with Crippen LogP contribution >= 0.6 is 0 Å². The van der Waals surface area contributed by atoms with Crippen molar-refractivity contribution < 1.29 is 23.9 Å². The summed E-state index contributed by atoms with van der Waals surface area (Å²) in [5, 5.41) is 5.64. The van der Waals surface area contributed by atoms with Gasteiger partial charge in [-0.3, -0.25) is 14.4 Å². The van der Waals surface area contributed by atoms with Gasteiger partial charge in [0.25, 0.3) is 5.91 Å². The number of anilines is 2. The summed E-state index contributed by atoms with van der Waals surface area (Å²) in [6.07, 6.45) is 0.696. The average molecular weight is 483 g/mol. The van der Waals surface area contributed by atoms with E-state index in [1.165, 1.54) is 4.90 Å². The maximum Gasteiger partial charge on any atom is 0.255 e. The van der Waals surface area contributed by atoms with E-state index >= 15 is 0 Å². The molecule has 35 heavy (non-hydrogen) atoms. The highest BCUT2D eigenvalue weighted by molar-refractivity contribution is 5.97. The maximum atomic E-state index is 12.4. The SMILES string of the molecule is CCOc1ccccc1C(=O)NCCCC(=O)N(C)CC(=O)Nc1ccc(N2CCOCC2)cc1. The summed E-state index contributed by atoms with van der Waals surface area (Å²) in [7, 11) is 1.60. The second-order valence-corrected chi connectivity index (χ2v) is 8.23. The molecule has 9 nitrogen and oxygen atoms in total. The summed E-state index contributed by atoms with van der Waals surface area (Å²) in [6.45, 7) is 5.77. The van der Waals surface area contributed by atoms with E-state index in [0.717, 1.165) is 18.8 Å². The molecule has 3 amide bonds. The van der Waals surface area contributed by atoms with E-state index < -0.39 is 0 Å². The van der Waals surface area contributed by atoms with Crippen LogP contribution in [0.1, 0.15) is 30.1 Å². The largest absolute Gasteiger partial charge is 0.493 e. The first-order valence-corrected chi connectivity index (χ1v) is 11.9. The van der Waals surface area contributed by atoms with E-state index in [0.29, 0.717) is 49.8 Å². The number of carbonyl (C=O) groups is 3. The average Bonchev–Trinajstić information content (AvgIpc) is 2.87. The molecule has 1 aliphatic rings. The molecule has 0 atom stereocenters. The van der Waals surface area contributed by atoms with Crippen molar-refractivity contribution in [2.24, 2.45) is 0 Å². The molecule has 0 aromatic heterocycles. The van der Waals surface area contributed by atoms with Gasteiger partial charge in [-0.1, -0.05) is 12.1 Å². The lowest BCUT2D eigenvalue weighted by molar-refractivity contribution is -0.133. The monoisotopic (exact) mass is 482 g/mol. The fourth-order valence-electron chi connectivity index (χ4n) is 3.74. The number of likely N-dealkylation sites (N-methyl/N-ethyl adjacent to an activating group) is 1. The predicted octanol–water partition coefficient (Wildman–Crippen LogP) is 2.53. The third-order valence-corrected chi connectivity index (χ3v) is 5.62. The molecule has 1 heterocycles. The Bertz CT molecular complexity index is 989. The summed E-state index contributed by atoms with van der Waals surface area (Å²) in [6, 6.07) is 14.7. The van der Waals surface area contributed by atoms with Crippen LogP contribution in [0.4, 0.5) is 11.4 Å². The third-order valence-electron chi connectivity index (χ3n) is 5.62. The minimum absolute atomic E-state index is 0.0435. The van der Waals surface area contributed by atoms with Gasteiger partial charge in [-0.25, -0.2) is 0 Å². The van der Waals surface area contributed by atoms with Gasteiger partial charge >= 0.3 is 0 Å². The van der Waals surface area contributed by atoms with Gasteiger partial charge in [-0.15, -0.1) is 0 Å². The Morgan fingerprint density at radius 1 is 1.06 bits per heavy atom. The van der Waals surface area contributed by atoms with E-state index in [2.05, 4.69) is 15.5 Å². The topological polar surface area (TPSA) is 100 Å². The number of nitrogens with zero attached hydrogens (tertiary/aromatic N) is 2. The van der Waals surface area contributed by atoms with Crippen molar-refractivity contribution in [2.75, 3.05) is 63.3 Å². The molecule has 0 unspecified atom stereocenters. The number of hydrogen-bond donors (Lipinski definition) is 2. The fraction of sp³-hybridized carbons (Fsp3) is 0.423. The number of ether oxygens (including phenoxy) is 2. The minimum atomic E-state index is -0.263. The number of nitrogens with one attached hydrogen (secondary N) is 2. The van der Waals surface area contributed by atoms with Gasteiger partial charge in [-0.05, 0) is 49.7 Å². The highest BCUT2D eigenvalue weighted by Gasteiger charge is 2.15. The highest BCUT2D eigenvalue weighted by Crippen LogP contribution is 2.19. The number of para-hydroxylation sites is 1. The lowest BCUT2D eigenvalue weighted by Gasteiger charge is -2.28. The Labute approximate surface area is 206 Å². The van der Waals surface area contributed by atoms with Crippen molar-refractivity contribution in [3.05, 3.63) is 54.1 Å². The molecule has 0 radical (unpaired) electrons. The molecule has 188 valence electrons. The van der Waals surface area contributed by atoms with Crippen molar-refractivity contribution in [2.45, 2.75) is 19.8 Å². The van der Waals surface area contributed by atoms with Crippen LogP contribution < -0.4 is 20.3 Å². The molecule has 1 aliphatic heterocycles. The predicted molar refractivity (Wildman–Crippen MR) is 135 cm³/mol. The van der Waals surface area contributed by atoms with E-state index in [9.17, 15) is 14.4 Å². The summed E-state index contributed by atoms with van der Waals surface area (Å²) < 4.78 is 10.9. The Hall–Kier alpha value is -3.59. The molecular weight excluding hydrogens is 448 g/mol. The van der Waals surface area contributed by atoms with Crippen molar-refractivity contribution >= 4 is 29.1 Å². The zero-order valence-electron chi connectivity index (χ0n) is 20.4. The molecule has 1 fully saturated rings. The molecule has 0 aliphatic carbocycles. The van der Waals surface area contributed by atoms with Gasteiger partial charge in [-0.2, -0.15) is 0 Å². The third kappa shape index (κ3) is 7.99. The molecule has 2 aromatic rings. The van der Waals surface area contributed by atoms with Gasteiger partial charge in [0.2, 0.25) is 11.8 Å². The molecule has 0 spiro atoms. The van der Waals surface area contributed by atoms with Crippen LogP contribution in [0.5, 0.6) is 5.75 Å². The minimum Gasteiger partial charge on any atom is -0.493 e. The normalized spacial score (nSPS) is 13.1. The van der Waals surface area contributed by atoms with Crippen LogP contribution in [-0.4, -0.2) is 75.7 Å². The second kappa shape index (κ2) is 13.3. The van der Waals surface area contributed by atoms with Gasteiger partial charge in [0.05, 0.1) is 31.9 Å². The smallest absolute Gasteiger partial charge is 0.255 e. The number of morpholine rings is 1. The van der Waals surface area contributed by atoms with Crippen LogP contribution in [0.2, 0.25) is 0 Å². The van der Waals surface area contributed by atoms with Crippen LogP contribution in [0, 0.1) is 0 Å². The highest BCUT2D eigenvalue weighted by atomic mass is 16.5. The lowest BCUT2D eigenvalue weighted by atomic mass is 10.2. The van der Waals surface area contributed by atoms with E-state index in [1.54, 1.807) is 25.2 Å². The summed E-state index contributed by atoms with van der Waals surface area (Å²) in [5.74, 6) is -0.133. The summed E-state index contributed by atoms with van der Waals surface area (Å²) in [5.41, 5.74) is 2.24. The van der Waals surface area contributed by atoms with E-state index in [1.807, 2.05) is 37.3 Å². The summed E-state index contributed by atoms with van der Waals surface area (Å²) in [4.78, 5) is 40.8. The Morgan fingerprint density at radius 3 is 2.49 bits per heavy atom. The van der Waals surface area contributed by atoms with Gasteiger partial charge in [0.15, 0.2) is 0 Å². The first-order chi connectivity index (χ1) is 17.0. The van der Waals surface area contributed by atoms with Gasteiger partial charge < -0.3 is 29.9 Å². The number of benzene rings is 2. The molecule has 1 saturated heterocycles. The van der Waals surface area contributed by atoms with E-state index in [4.69, 9.17) is 9.47 Å². The van der Waals surface area contributed by atoms with Crippen LogP contribution in [0.15, 0.2) is 48.5 Å². The van der Waals surface area contributed by atoms with Crippen LogP contribution in [0.25, 0.3) is 0 Å². The van der Waals surface area contributed by atoms with Crippen molar-refractivity contribution in [1.29, 1.82) is 0 Å². The quantitative estimate of drug-likeness (QED) is 0.478. The number of hydrogen-bond acceptors (Lipinski definition) is 6. The van der Waals surface area contributed by atoms with Crippen LogP contribution in [0.3, 0.4) is 0 Å². The van der Waals surface area contributed by atoms with Crippen molar-refractivity contribution in [1.82, 2.24) is 10.2 Å². The number of carbonyl (C=O) groups excluding carboxylic acids is 3. The zero-order valence-corrected chi connectivity index (χ0v) is 20.4. The molecule has 0 saturated carbocycles. The van der Waals surface area contributed by atoms with Gasteiger partial charge in [0.1, 0.15) is 5.75 Å². The fourth-order valence-corrected chi connectivity index (χ4v) is 3.74. The Balaban J connectivity index is 1.36. The summed E-state index contributed by atoms with van der Waals surface area (Å²) >= 11 is 0. The van der Waals surface area contributed by atoms with E-state index in [-0.39, 0.29) is 30.7 Å². The number of amides is 3. The Kier molecular flexibility index (Phi) is 9.92. The Morgan fingerprint density at radius 2 is 1.77 bits per heavy atom. The van der Waals surface area contributed by atoms with Crippen molar-refractivity contribution in [3.8, 4) is 5.75 Å². The first kappa shape index (κ1) is 26.0. The molecule has 2 N–H and O–H groups in total. The molecule has 0 bridgehead atoms. The standard InChI is InChI=1S/C26H34N4O5/c1-3-35-23-8-5-4-7-22(23)26(33)27-14-6-9-25(32)29(2)19-24(31)28-20-10-12-21(13-11-20)30-15-17-34-18-16-30/h4-5,7-8,10-13H,3,6,9,14-19H2,1-2H3,(H,27,33)(H,28,31). The molecular formula is C26H34N4O5. The molecule has 3 rings (SSSR count). The number of rotatable bonds is 11. The molecule has 2 aromatic carbocycles. The first-order valence-electron chi connectivity index (χ1n) is 11.9. The zero-order chi connectivity index (χ0) is 25.0. The second-order valence-electron chi connectivity index (χ2n) is 8.23. The maximum absolute atomic E-state index is 12.4.